The van der Waals surface area contributed by atoms with Gasteiger partial charge in [0.05, 0.1) is 47.6 Å². The second kappa shape index (κ2) is 20.8. The Morgan fingerprint density at radius 2 is 1.53 bits per heavy atom. The van der Waals surface area contributed by atoms with Crippen molar-refractivity contribution >= 4 is 17.7 Å². The van der Waals surface area contributed by atoms with E-state index in [-0.39, 0.29) is 43.1 Å². The first kappa shape index (κ1) is 50.5. The van der Waals surface area contributed by atoms with Crippen LogP contribution in [-0.4, -0.2) is 162 Å². The third-order valence-electron chi connectivity index (χ3n) is 13.2. The van der Waals surface area contributed by atoms with E-state index < -0.39 is 102 Å². The van der Waals surface area contributed by atoms with E-state index in [0.717, 1.165) is 0 Å². The van der Waals surface area contributed by atoms with Crippen molar-refractivity contribution in [3.05, 3.63) is 0 Å². The van der Waals surface area contributed by atoms with Gasteiger partial charge in [0.15, 0.2) is 12.6 Å². The van der Waals surface area contributed by atoms with Crippen LogP contribution in [-0.2, 0) is 47.5 Å². The number of methoxy groups -OCH3 is 2. The number of Topliss-reactive ketones (excluding diaryl/α,β-unsaturated/α-hetero) is 1. The molecule has 0 aromatic carbocycles. The average Bonchev–Trinajstić information content (AvgIpc) is 3.17. The highest BCUT2D eigenvalue weighted by atomic mass is 16.7. The summed E-state index contributed by atoms with van der Waals surface area (Å²) in [4.78, 5) is 41.9. The van der Waals surface area contributed by atoms with E-state index in [1.54, 1.807) is 48.5 Å². The number of hydrogen-bond acceptors (Lipinski definition) is 15. The molecule has 5 N–H and O–H groups in total. The van der Waals surface area contributed by atoms with Gasteiger partial charge in [-0.05, 0) is 80.8 Å². The molecule has 0 bridgehead atoms. The number of ketones is 1. The Kier molecular flexibility index (Phi) is 18.1. The molecule has 3 rings (SSSR count). The molecule has 3 aliphatic rings. The lowest BCUT2D eigenvalue weighted by Gasteiger charge is -2.50. The molecule has 0 spiro atoms. The topological polar surface area (TPSA) is 212 Å². The number of carbonyl (C=O) groups excluding carboxylic acids is 3. The van der Waals surface area contributed by atoms with Gasteiger partial charge in [0.1, 0.15) is 29.7 Å². The van der Waals surface area contributed by atoms with E-state index in [1.165, 1.54) is 28.1 Å². The number of carbonyl (C=O) groups is 3. The summed E-state index contributed by atoms with van der Waals surface area (Å²) in [6, 6.07) is -0.383. The van der Waals surface area contributed by atoms with Crippen molar-refractivity contribution in [2.45, 2.75) is 193 Å². The Morgan fingerprint density at radius 3 is 2.10 bits per heavy atom. The monoisotopic (exact) mass is 833 g/mol. The lowest BCUT2D eigenvalue weighted by molar-refractivity contribution is -0.319. The van der Waals surface area contributed by atoms with E-state index in [1.807, 2.05) is 25.8 Å². The Labute approximate surface area is 345 Å². The minimum Gasteiger partial charge on any atom is -0.459 e. The summed E-state index contributed by atoms with van der Waals surface area (Å²) >= 11 is 0. The number of cyclic esters (lactones) is 1. The Bertz CT molecular complexity index is 1350. The van der Waals surface area contributed by atoms with Gasteiger partial charge in [-0.15, -0.1) is 0 Å². The van der Waals surface area contributed by atoms with E-state index in [4.69, 9.17) is 33.2 Å². The molecule has 3 saturated heterocycles. The van der Waals surface area contributed by atoms with Gasteiger partial charge >= 0.3 is 5.97 Å². The van der Waals surface area contributed by atoms with Crippen LogP contribution in [0.5, 0.6) is 0 Å². The second-order valence-corrected chi connectivity index (χ2v) is 18.0. The fourth-order valence-electron chi connectivity index (χ4n) is 9.27. The standard InChI is InChI=1S/C42H76N2O14/c1-15-30-42(11,51)35(48)24(4)32(46)22(2)20-41(10,53-14)37(58-39-33(47)29(19-23(3)54-39)44(12)18-16-17-43-28(8)45)25(5)34(26(6)38(50)56-30)57-31-21-40(9,52-13)36(49)27(7)55-31/h22-27,29-31,33-37,39,47-49,51H,15-21H2,1-14H3,(H,43,45)/t22-,23-,24+,25+,26-,27+,29+,30-,31+,33-,34+,35-,36+,37-,39+,40-,41-,42-/m1/s1. The minimum absolute atomic E-state index is 0.0784. The molecule has 0 aromatic rings. The van der Waals surface area contributed by atoms with Gasteiger partial charge < -0.3 is 63.8 Å². The molecule has 0 unspecified atom stereocenters. The van der Waals surface area contributed by atoms with Crippen LogP contribution < -0.4 is 5.32 Å². The Morgan fingerprint density at radius 1 is 0.914 bits per heavy atom. The van der Waals surface area contributed by atoms with Crippen molar-refractivity contribution in [1.29, 1.82) is 0 Å². The number of ether oxygens (including phenoxy) is 7. The number of likely N-dealkylation sites (N-methyl/N-ethyl adjacent to an activating group) is 1. The summed E-state index contributed by atoms with van der Waals surface area (Å²) < 4.78 is 44.2. The number of aliphatic hydroxyl groups excluding tert-OH is 3. The SMILES string of the molecule is CC[C@H]1OC(=O)[C@H](C)[C@@H](O[C@H]2C[C@@](C)(OC)[C@@H](O)[C@H](C)O2)[C@H](C)[C@@H](O[C@@H]2O[C@H](C)C[C@H](N(C)CCCNC(C)=O)[C@H]2O)[C@](C)(OC)C[C@@H](C)C(=O)[C@H](C)[C@@H](O)[C@]1(C)O. The fraction of sp³-hybridized carbons (Fsp3) is 0.929. The van der Waals surface area contributed by atoms with Crippen LogP contribution in [0.4, 0.5) is 0 Å². The minimum atomic E-state index is -1.99. The van der Waals surface area contributed by atoms with E-state index in [0.29, 0.717) is 25.9 Å². The Balaban J connectivity index is 2.17. The first-order valence-corrected chi connectivity index (χ1v) is 21.1. The summed E-state index contributed by atoms with van der Waals surface area (Å²) in [5.41, 5.74) is -4.34. The molecule has 3 fully saturated rings. The molecule has 0 aromatic heterocycles. The summed E-state index contributed by atoms with van der Waals surface area (Å²) in [5.74, 6) is -4.77. The summed E-state index contributed by atoms with van der Waals surface area (Å²) in [7, 11) is 4.89. The van der Waals surface area contributed by atoms with Crippen molar-refractivity contribution in [3.63, 3.8) is 0 Å². The molecule has 16 heteroatoms. The van der Waals surface area contributed by atoms with Gasteiger partial charge in [-0.2, -0.15) is 0 Å². The summed E-state index contributed by atoms with van der Waals surface area (Å²) in [5, 5.41) is 48.9. The van der Waals surface area contributed by atoms with Crippen molar-refractivity contribution < 1.29 is 68.0 Å². The van der Waals surface area contributed by atoms with E-state index in [9.17, 15) is 34.8 Å². The van der Waals surface area contributed by atoms with Crippen LogP contribution in [0.15, 0.2) is 0 Å². The third kappa shape index (κ3) is 11.5. The van der Waals surface area contributed by atoms with Gasteiger partial charge in [-0.1, -0.05) is 27.7 Å². The molecule has 0 radical (unpaired) electrons. The summed E-state index contributed by atoms with van der Waals surface area (Å²) in [6.07, 6.45) is -8.66. The fourth-order valence-corrected chi connectivity index (χ4v) is 9.27. The lowest BCUT2D eigenvalue weighted by Crippen LogP contribution is -2.61. The average molecular weight is 833 g/mol. The zero-order valence-electron chi connectivity index (χ0n) is 37.4. The van der Waals surface area contributed by atoms with Crippen LogP contribution in [0.2, 0.25) is 0 Å². The van der Waals surface area contributed by atoms with Crippen LogP contribution >= 0.6 is 0 Å². The smallest absolute Gasteiger partial charge is 0.311 e. The molecule has 16 nitrogen and oxygen atoms in total. The largest absolute Gasteiger partial charge is 0.459 e. The maximum atomic E-state index is 14.3. The molecule has 0 aliphatic carbocycles. The van der Waals surface area contributed by atoms with Crippen LogP contribution in [0.25, 0.3) is 0 Å². The van der Waals surface area contributed by atoms with Crippen molar-refractivity contribution in [3.8, 4) is 0 Å². The first-order chi connectivity index (χ1) is 26.9. The molecule has 18 atom stereocenters. The quantitative estimate of drug-likeness (QED) is 0.141. The zero-order chi connectivity index (χ0) is 44.1. The number of aliphatic hydroxyl groups is 4. The van der Waals surface area contributed by atoms with Crippen LogP contribution in [0.3, 0.4) is 0 Å². The van der Waals surface area contributed by atoms with Gasteiger partial charge in [0.25, 0.3) is 0 Å². The molecule has 1 amide bonds. The molecule has 338 valence electrons. The highest BCUT2D eigenvalue weighted by Crippen LogP contribution is 2.42. The van der Waals surface area contributed by atoms with Crippen molar-refractivity contribution in [2.24, 2.45) is 23.7 Å². The number of rotatable bonds is 12. The van der Waals surface area contributed by atoms with Crippen LogP contribution in [0.1, 0.15) is 108 Å². The number of esters is 1. The summed E-state index contributed by atoms with van der Waals surface area (Å²) in [6.45, 7) is 19.5. The molecule has 3 heterocycles. The second-order valence-electron chi connectivity index (χ2n) is 18.0. The Hall–Kier alpha value is -1.83. The highest BCUT2D eigenvalue weighted by Gasteiger charge is 2.54. The molecule has 0 saturated carbocycles. The predicted octanol–water partition coefficient (Wildman–Crippen LogP) is 2.34. The first-order valence-electron chi connectivity index (χ1n) is 21.1. The maximum absolute atomic E-state index is 14.3. The lowest BCUT2D eigenvalue weighted by atomic mass is 9.74. The van der Waals surface area contributed by atoms with Crippen molar-refractivity contribution in [1.82, 2.24) is 10.2 Å². The van der Waals surface area contributed by atoms with Crippen LogP contribution in [0, 0.1) is 23.7 Å². The van der Waals surface area contributed by atoms with E-state index in [2.05, 4.69) is 5.32 Å². The molecule has 3 aliphatic heterocycles. The van der Waals surface area contributed by atoms with Gasteiger partial charge in [-0.3, -0.25) is 14.4 Å². The maximum Gasteiger partial charge on any atom is 0.311 e. The third-order valence-corrected chi connectivity index (χ3v) is 13.2. The van der Waals surface area contributed by atoms with E-state index >= 15 is 0 Å². The molecular formula is C42H76N2O14. The number of nitrogens with one attached hydrogen (secondary N) is 1. The molecular weight excluding hydrogens is 756 g/mol. The number of nitrogens with zero attached hydrogens (tertiary/aromatic N) is 1. The highest BCUT2D eigenvalue weighted by molar-refractivity contribution is 5.83. The van der Waals surface area contributed by atoms with Gasteiger partial charge in [0, 0.05) is 57.9 Å². The predicted molar refractivity (Wildman–Crippen MR) is 213 cm³/mol. The molecule has 58 heavy (non-hydrogen) atoms. The number of hydrogen-bond donors (Lipinski definition) is 5. The van der Waals surface area contributed by atoms with Gasteiger partial charge in [0.2, 0.25) is 5.91 Å². The normalized spacial score (nSPS) is 45.1. The zero-order valence-corrected chi connectivity index (χ0v) is 37.4. The van der Waals surface area contributed by atoms with Crippen molar-refractivity contribution in [2.75, 3.05) is 34.4 Å². The number of amides is 1. The van der Waals surface area contributed by atoms with Gasteiger partial charge in [-0.25, -0.2) is 0 Å².